The van der Waals surface area contributed by atoms with Gasteiger partial charge in [0.25, 0.3) is 0 Å². The minimum atomic E-state index is -0.249. The van der Waals surface area contributed by atoms with Gasteiger partial charge in [0.05, 0.1) is 5.69 Å². The van der Waals surface area contributed by atoms with E-state index in [1.165, 1.54) is 0 Å². The normalized spacial score (nSPS) is 21.5. The summed E-state index contributed by atoms with van der Waals surface area (Å²) in [6, 6.07) is 3.86. The minimum Gasteiger partial charge on any atom is -0.367 e. The van der Waals surface area contributed by atoms with E-state index in [9.17, 15) is 4.79 Å². The molecule has 1 amide bonds. The topological polar surface area (TPSA) is 44.4 Å². The highest BCUT2D eigenvalue weighted by molar-refractivity contribution is 9.10. The number of hydrogen-bond donors (Lipinski definition) is 2. The molecule has 0 saturated heterocycles. The van der Waals surface area contributed by atoms with E-state index in [0.29, 0.717) is 0 Å². The number of rotatable bonds is 2. The Kier molecular flexibility index (Phi) is 3.33. The molecule has 0 spiro atoms. The van der Waals surface area contributed by atoms with Crippen LogP contribution in [0.15, 0.2) is 28.8 Å². The van der Waals surface area contributed by atoms with Gasteiger partial charge in [-0.3, -0.25) is 4.79 Å². The summed E-state index contributed by atoms with van der Waals surface area (Å²) in [6.45, 7) is 1.93. The lowest BCUT2D eigenvalue weighted by atomic mass is 10.1. The molecule has 0 saturated carbocycles. The van der Waals surface area contributed by atoms with E-state index in [4.69, 9.17) is 0 Å². The van der Waals surface area contributed by atoms with Gasteiger partial charge in [-0.05, 0) is 41.5 Å². The minimum absolute atomic E-state index is 0.0140. The Morgan fingerprint density at radius 3 is 2.95 bits per heavy atom. The summed E-state index contributed by atoms with van der Waals surface area (Å²) in [6.07, 6.45) is 5.45. The third kappa shape index (κ3) is 2.17. The number of benzene rings is 1. The van der Waals surface area contributed by atoms with Gasteiger partial charge in [0.2, 0.25) is 5.91 Å². The van der Waals surface area contributed by atoms with E-state index in [1.54, 1.807) is 7.05 Å². The van der Waals surface area contributed by atoms with Crippen LogP contribution in [0.1, 0.15) is 18.0 Å². The van der Waals surface area contributed by atoms with Crippen molar-refractivity contribution in [2.45, 2.75) is 12.5 Å². The molecule has 0 aliphatic carbocycles. The van der Waals surface area contributed by atoms with Crippen LogP contribution in [0.2, 0.25) is 0 Å². The summed E-state index contributed by atoms with van der Waals surface area (Å²) >= 11 is 3.63. The van der Waals surface area contributed by atoms with Gasteiger partial charge in [0, 0.05) is 28.8 Å². The Balaban J connectivity index is 1.99. The van der Waals surface area contributed by atoms with Gasteiger partial charge in [0.15, 0.2) is 0 Å². The molecule has 3 rings (SSSR count). The van der Waals surface area contributed by atoms with Crippen LogP contribution in [0, 0.1) is 0 Å². The molecule has 0 bridgehead atoms. The van der Waals surface area contributed by atoms with E-state index < -0.39 is 0 Å². The van der Waals surface area contributed by atoms with Gasteiger partial charge >= 0.3 is 0 Å². The lowest BCUT2D eigenvalue weighted by Crippen LogP contribution is -2.27. The van der Waals surface area contributed by atoms with Crippen molar-refractivity contribution in [2.24, 2.45) is 0 Å². The monoisotopic (exact) mass is 321 g/mol. The standard InChI is InChI=1S/C14H16BrN3O/c1-16-13-9-7-10(15)12(8-11(9)17-14(13)19)18-5-3-2-4-6-18/h2-3,7-8,13,16H,4-6H2,1H3,(H,17,19). The second kappa shape index (κ2) is 4.98. The number of nitrogens with zero attached hydrogens (tertiary/aromatic N) is 1. The van der Waals surface area contributed by atoms with Crippen LogP contribution >= 0.6 is 15.9 Å². The smallest absolute Gasteiger partial charge is 0.246 e. The summed E-state index contributed by atoms with van der Waals surface area (Å²) in [4.78, 5) is 14.2. The summed E-state index contributed by atoms with van der Waals surface area (Å²) < 4.78 is 1.04. The first-order valence-corrected chi connectivity index (χ1v) is 7.21. The summed E-state index contributed by atoms with van der Waals surface area (Å²) in [5.74, 6) is 0.0140. The molecule has 2 heterocycles. The van der Waals surface area contributed by atoms with E-state index in [-0.39, 0.29) is 11.9 Å². The summed E-state index contributed by atoms with van der Waals surface area (Å²) in [7, 11) is 1.80. The Labute approximate surface area is 121 Å². The SMILES string of the molecule is CNC1C(=O)Nc2cc(N3CC=CCC3)c(Br)cc21. The second-order valence-corrected chi connectivity index (χ2v) is 5.66. The van der Waals surface area contributed by atoms with Gasteiger partial charge in [-0.1, -0.05) is 12.2 Å². The molecule has 2 aliphatic heterocycles. The number of carbonyl (C=O) groups is 1. The van der Waals surface area contributed by atoms with Crippen molar-refractivity contribution in [2.75, 3.05) is 30.4 Å². The number of carbonyl (C=O) groups excluding carboxylic acids is 1. The van der Waals surface area contributed by atoms with Crippen molar-refractivity contribution in [1.29, 1.82) is 0 Å². The van der Waals surface area contributed by atoms with Crippen LogP contribution in [0.5, 0.6) is 0 Å². The zero-order valence-corrected chi connectivity index (χ0v) is 12.3. The molecule has 19 heavy (non-hydrogen) atoms. The lowest BCUT2D eigenvalue weighted by Gasteiger charge is -2.27. The number of fused-ring (bicyclic) bond motifs is 1. The first kappa shape index (κ1) is 12.7. The molecule has 1 aromatic carbocycles. The van der Waals surface area contributed by atoms with Gasteiger partial charge in [-0.15, -0.1) is 0 Å². The first-order valence-electron chi connectivity index (χ1n) is 6.42. The predicted molar refractivity (Wildman–Crippen MR) is 80.5 cm³/mol. The van der Waals surface area contributed by atoms with Crippen molar-refractivity contribution in [3.05, 3.63) is 34.3 Å². The van der Waals surface area contributed by atoms with E-state index in [1.807, 2.05) is 6.07 Å². The number of nitrogens with one attached hydrogen (secondary N) is 2. The summed E-state index contributed by atoms with van der Waals surface area (Å²) in [5.41, 5.74) is 3.06. The van der Waals surface area contributed by atoms with E-state index in [2.05, 4.69) is 49.7 Å². The molecular weight excluding hydrogens is 306 g/mol. The molecule has 0 fully saturated rings. The molecule has 0 radical (unpaired) electrons. The Bertz CT molecular complexity index is 556. The molecule has 5 heteroatoms. The molecule has 2 N–H and O–H groups in total. The van der Waals surface area contributed by atoms with Crippen LogP contribution in [-0.4, -0.2) is 26.0 Å². The van der Waals surface area contributed by atoms with Crippen LogP contribution in [-0.2, 0) is 4.79 Å². The average Bonchev–Trinajstić information content (AvgIpc) is 2.73. The second-order valence-electron chi connectivity index (χ2n) is 4.81. The predicted octanol–water partition coefficient (Wildman–Crippen LogP) is 2.43. The van der Waals surface area contributed by atoms with Crippen LogP contribution in [0.3, 0.4) is 0 Å². The van der Waals surface area contributed by atoms with Gasteiger partial charge < -0.3 is 15.5 Å². The molecule has 4 nitrogen and oxygen atoms in total. The highest BCUT2D eigenvalue weighted by Gasteiger charge is 2.30. The lowest BCUT2D eigenvalue weighted by molar-refractivity contribution is -0.117. The maximum Gasteiger partial charge on any atom is 0.246 e. The Hall–Kier alpha value is -1.33. The average molecular weight is 322 g/mol. The van der Waals surface area contributed by atoms with Gasteiger partial charge in [-0.25, -0.2) is 0 Å². The third-order valence-electron chi connectivity index (χ3n) is 3.64. The zero-order chi connectivity index (χ0) is 13.4. The van der Waals surface area contributed by atoms with E-state index >= 15 is 0 Å². The zero-order valence-electron chi connectivity index (χ0n) is 10.7. The van der Waals surface area contributed by atoms with E-state index in [0.717, 1.165) is 40.9 Å². The molecule has 1 aromatic rings. The molecule has 2 aliphatic rings. The van der Waals surface area contributed by atoms with Gasteiger partial charge in [0.1, 0.15) is 6.04 Å². The molecule has 0 aromatic heterocycles. The molecule has 1 unspecified atom stereocenters. The molecule has 100 valence electrons. The number of amides is 1. The fourth-order valence-electron chi connectivity index (χ4n) is 2.66. The number of anilines is 2. The highest BCUT2D eigenvalue weighted by Crippen LogP contribution is 2.39. The van der Waals surface area contributed by atoms with Crippen LogP contribution < -0.4 is 15.5 Å². The largest absolute Gasteiger partial charge is 0.367 e. The van der Waals surface area contributed by atoms with Crippen LogP contribution in [0.25, 0.3) is 0 Å². The highest BCUT2D eigenvalue weighted by atomic mass is 79.9. The summed E-state index contributed by atoms with van der Waals surface area (Å²) in [5, 5.41) is 5.98. The maximum absolute atomic E-state index is 11.8. The third-order valence-corrected chi connectivity index (χ3v) is 4.27. The fourth-order valence-corrected chi connectivity index (χ4v) is 3.27. The van der Waals surface area contributed by atoms with Crippen molar-refractivity contribution < 1.29 is 4.79 Å². The maximum atomic E-state index is 11.8. The Morgan fingerprint density at radius 1 is 1.42 bits per heavy atom. The molecular formula is C14H16BrN3O. The fraction of sp³-hybridized carbons (Fsp3) is 0.357. The number of halogens is 1. The van der Waals surface area contributed by atoms with Crippen molar-refractivity contribution in [3.8, 4) is 0 Å². The Morgan fingerprint density at radius 2 is 2.26 bits per heavy atom. The van der Waals surface area contributed by atoms with Crippen LogP contribution in [0.4, 0.5) is 11.4 Å². The van der Waals surface area contributed by atoms with Gasteiger partial charge in [-0.2, -0.15) is 0 Å². The number of likely N-dealkylation sites (N-methyl/N-ethyl adjacent to an activating group) is 1. The quantitative estimate of drug-likeness (QED) is 0.822. The van der Waals surface area contributed by atoms with Crippen molar-refractivity contribution >= 4 is 33.2 Å². The van der Waals surface area contributed by atoms with Crippen molar-refractivity contribution in [1.82, 2.24) is 5.32 Å². The number of hydrogen-bond acceptors (Lipinski definition) is 3. The van der Waals surface area contributed by atoms with Crippen molar-refractivity contribution in [3.63, 3.8) is 0 Å². The first-order chi connectivity index (χ1) is 9.20. The molecule has 1 atom stereocenters.